The molecule has 2 nitrogen and oxygen atoms in total. The molecule has 0 spiro atoms. The van der Waals surface area contributed by atoms with Crippen molar-refractivity contribution in [3.63, 3.8) is 0 Å². The van der Waals surface area contributed by atoms with Gasteiger partial charge < -0.3 is 0 Å². The summed E-state index contributed by atoms with van der Waals surface area (Å²) in [5.41, 5.74) is 5.29. The van der Waals surface area contributed by atoms with Gasteiger partial charge in [0.25, 0.3) is 0 Å². The Morgan fingerprint density at radius 1 is 0.577 bits per heavy atom. The van der Waals surface area contributed by atoms with Gasteiger partial charge in [-0.2, -0.15) is 0 Å². The van der Waals surface area contributed by atoms with Crippen LogP contribution in [-0.2, 0) is 0 Å². The van der Waals surface area contributed by atoms with Gasteiger partial charge in [-0.15, -0.1) is 0 Å². The first-order valence-electron chi connectivity index (χ1n) is 9.18. The molecule has 0 saturated carbocycles. The molecule has 26 heavy (non-hydrogen) atoms. The Labute approximate surface area is 158 Å². The van der Waals surface area contributed by atoms with E-state index in [0.717, 1.165) is 22.5 Å². The molecule has 1 aromatic heterocycles. The Balaban J connectivity index is 0.000000791. The van der Waals surface area contributed by atoms with Crippen LogP contribution in [0.3, 0.4) is 0 Å². The maximum atomic E-state index is 4.39. The first-order valence-corrected chi connectivity index (χ1v) is 9.18. The molecule has 0 N–H and O–H groups in total. The van der Waals surface area contributed by atoms with E-state index in [4.69, 9.17) is 0 Å². The summed E-state index contributed by atoms with van der Waals surface area (Å²) in [6, 6.07) is 16.3. The minimum absolute atomic E-state index is 0.723. The molecule has 3 aromatic rings. The third-order valence-electron chi connectivity index (χ3n) is 3.36. The Hall–Kier alpha value is -2.92. The maximum Gasteiger partial charge on any atom is 0.159 e. The summed E-state index contributed by atoms with van der Waals surface area (Å²) in [5, 5.41) is 0. The van der Waals surface area contributed by atoms with Crippen molar-refractivity contribution in [1.29, 1.82) is 0 Å². The van der Waals surface area contributed by atoms with E-state index >= 15 is 0 Å². The molecule has 0 aliphatic rings. The zero-order valence-electron chi connectivity index (χ0n) is 16.7. The highest BCUT2D eigenvalue weighted by molar-refractivity contribution is 5.55. The van der Waals surface area contributed by atoms with E-state index in [1.54, 1.807) is 12.4 Å². The van der Waals surface area contributed by atoms with Crippen LogP contribution in [-0.4, -0.2) is 9.97 Å². The minimum atomic E-state index is 0.723. The van der Waals surface area contributed by atoms with Crippen LogP contribution in [0.2, 0.25) is 0 Å². The summed E-state index contributed by atoms with van der Waals surface area (Å²) < 4.78 is 0. The highest BCUT2D eigenvalue weighted by Crippen LogP contribution is 2.14. The molecule has 2 heteroatoms. The molecule has 1 heterocycles. The fourth-order valence-corrected chi connectivity index (χ4v) is 2.03. The van der Waals surface area contributed by atoms with E-state index in [2.05, 4.69) is 59.9 Å². The quantitative estimate of drug-likeness (QED) is 0.490. The van der Waals surface area contributed by atoms with Crippen LogP contribution >= 0.6 is 0 Å². The second-order valence-corrected chi connectivity index (χ2v) is 5.28. The van der Waals surface area contributed by atoms with E-state index in [1.165, 1.54) is 11.1 Å². The van der Waals surface area contributed by atoms with Gasteiger partial charge in [-0.05, 0) is 26.0 Å². The van der Waals surface area contributed by atoms with E-state index in [-0.39, 0.29) is 0 Å². The molecule has 0 amide bonds. The van der Waals surface area contributed by atoms with Crippen molar-refractivity contribution in [3.05, 3.63) is 83.2 Å². The molecule has 3 rings (SSSR count). The zero-order valence-corrected chi connectivity index (χ0v) is 16.7. The molecule has 0 aliphatic heterocycles. The average Bonchev–Trinajstić information content (AvgIpc) is 2.72. The SMILES string of the molecule is CC.CC.Cc1ccc(C#Cc2cnc(-c3ccc(C)cc3)nc2)cc1. The van der Waals surface area contributed by atoms with Crippen LogP contribution in [0.5, 0.6) is 0 Å². The average molecular weight is 345 g/mol. The molecule has 2 aromatic carbocycles. The number of aryl methyl sites for hydroxylation is 2. The van der Waals surface area contributed by atoms with Crippen molar-refractivity contribution in [3.8, 4) is 23.2 Å². The van der Waals surface area contributed by atoms with Crippen molar-refractivity contribution < 1.29 is 0 Å². The van der Waals surface area contributed by atoms with Gasteiger partial charge in [0.15, 0.2) is 5.82 Å². The second kappa shape index (κ2) is 11.6. The first-order chi connectivity index (χ1) is 12.7. The minimum Gasteiger partial charge on any atom is -0.235 e. The number of aromatic nitrogens is 2. The van der Waals surface area contributed by atoms with E-state index in [0.29, 0.717) is 0 Å². The zero-order chi connectivity index (χ0) is 19.4. The number of nitrogens with zero attached hydrogens (tertiary/aromatic N) is 2. The van der Waals surface area contributed by atoms with E-state index in [9.17, 15) is 0 Å². The van der Waals surface area contributed by atoms with Gasteiger partial charge in [0.2, 0.25) is 0 Å². The Morgan fingerprint density at radius 2 is 1.00 bits per heavy atom. The molecule has 0 atom stereocenters. The van der Waals surface area contributed by atoms with Gasteiger partial charge in [-0.3, -0.25) is 0 Å². The predicted octanol–water partition coefficient (Wildman–Crippen LogP) is 6.21. The van der Waals surface area contributed by atoms with Crippen LogP contribution in [0.15, 0.2) is 60.9 Å². The molecule has 0 saturated heterocycles. The second-order valence-electron chi connectivity index (χ2n) is 5.28. The van der Waals surface area contributed by atoms with E-state index < -0.39 is 0 Å². The Morgan fingerprint density at radius 3 is 1.50 bits per heavy atom. The van der Waals surface area contributed by atoms with Crippen LogP contribution in [0.1, 0.15) is 49.9 Å². The van der Waals surface area contributed by atoms with Crippen molar-refractivity contribution in [2.24, 2.45) is 0 Å². The van der Waals surface area contributed by atoms with Gasteiger partial charge in [0.1, 0.15) is 0 Å². The lowest BCUT2D eigenvalue weighted by molar-refractivity contribution is 1.16. The number of hydrogen-bond acceptors (Lipinski definition) is 2. The van der Waals surface area contributed by atoms with Gasteiger partial charge in [-0.25, -0.2) is 9.97 Å². The molecule has 0 fully saturated rings. The standard InChI is InChI=1S/C20H16N2.2C2H6/c1-15-3-7-17(8-4-15)9-10-18-13-21-20(22-14-18)19-11-5-16(2)6-12-19;2*1-2/h3-8,11-14H,1-2H3;2*1-2H3. The largest absolute Gasteiger partial charge is 0.235 e. The van der Waals surface area contributed by atoms with Crippen LogP contribution in [0, 0.1) is 25.7 Å². The normalized spacial score (nSPS) is 8.85. The fourth-order valence-electron chi connectivity index (χ4n) is 2.03. The number of hydrogen-bond donors (Lipinski definition) is 0. The fraction of sp³-hybridized carbons (Fsp3) is 0.250. The molecular formula is C24H28N2. The van der Waals surface area contributed by atoms with Gasteiger partial charge in [-0.1, -0.05) is 87.1 Å². The summed E-state index contributed by atoms with van der Waals surface area (Å²) in [6.07, 6.45) is 3.53. The first kappa shape index (κ1) is 21.1. The van der Waals surface area contributed by atoms with Gasteiger partial charge in [0, 0.05) is 23.5 Å². The highest BCUT2D eigenvalue weighted by Gasteiger charge is 2.00. The summed E-state index contributed by atoms with van der Waals surface area (Å²) >= 11 is 0. The Bertz CT molecular complexity index is 819. The Kier molecular flexibility index (Phi) is 9.43. The lowest BCUT2D eigenvalue weighted by Crippen LogP contribution is -1.89. The topological polar surface area (TPSA) is 25.8 Å². The summed E-state index contributed by atoms with van der Waals surface area (Å²) in [6.45, 7) is 12.1. The van der Waals surface area contributed by atoms with Crippen molar-refractivity contribution in [2.75, 3.05) is 0 Å². The number of rotatable bonds is 1. The molecule has 0 bridgehead atoms. The summed E-state index contributed by atoms with van der Waals surface area (Å²) in [4.78, 5) is 8.78. The smallest absolute Gasteiger partial charge is 0.159 e. The lowest BCUT2D eigenvalue weighted by Gasteiger charge is -2.00. The molecule has 0 aliphatic carbocycles. The predicted molar refractivity (Wildman–Crippen MR) is 112 cm³/mol. The lowest BCUT2D eigenvalue weighted by atomic mass is 10.1. The maximum absolute atomic E-state index is 4.39. The molecule has 0 radical (unpaired) electrons. The van der Waals surface area contributed by atoms with Crippen LogP contribution < -0.4 is 0 Å². The number of benzene rings is 2. The van der Waals surface area contributed by atoms with Crippen LogP contribution in [0.25, 0.3) is 11.4 Å². The third kappa shape index (κ3) is 6.53. The summed E-state index contributed by atoms with van der Waals surface area (Å²) in [5.74, 6) is 6.94. The van der Waals surface area contributed by atoms with Crippen molar-refractivity contribution in [2.45, 2.75) is 41.5 Å². The third-order valence-corrected chi connectivity index (χ3v) is 3.36. The van der Waals surface area contributed by atoms with E-state index in [1.807, 2.05) is 52.0 Å². The van der Waals surface area contributed by atoms with Gasteiger partial charge >= 0.3 is 0 Å². The summed E-state index contributed by atoms with van der Waals surface area (Å²) in [7, 11) is 0. The van der Waals surface area contributed by atoms with Crippen molar-refractivity contribution in [1.82, 2.24) is 9.97 Å². The van der Waals surface area contributed by atoms with Gasteiger partial charge in [0.05, 0.1) is 5.56 Å². The molecule has 134 valence electrons. The molecule has 0 unspecified atom stereocenters. The highest BCUT2D eigenvalue weighted by atomic mass is 14.9. The molecular weight excluding hydrogens is 316 g/mol. The monoisotopic (exact) mass is 344 g/mol. The van der Waals surface area contributed by atoms with Crippen LogP contribution in [0.4, 0.5) is 0 Å². The van der Waals surface area contributed by atoms with Crippen molar-refractivity contribution >= 4 is 0 Å².